The van der Waals surface area contributed by atoms with E-state index in [1.165, 1.54) is 0 Å². The van der Waals surface area contributed by atoms with Crippen LogP contribution in [0.25, 0.3) is 0 Å². The Morgan fingerprint density at radius 2 is 2.33 bits per heavy atom. The van der Waals surface area contributed by atoms with Crippen molar-refractivity contribution in [3.05, 3.63) is 17.8 Å². The van der Waals surface area contributed by atoms with Gasteiger partial charge in [-0.25, -0.2) is 13.4 Å². The molecular formula is C12H20N2O3S. The topological polar surface area (TPSA) is 86.2 Å². The monoisotopic (exact) mass is 272 g/mol. The van der Waals surface area contributed by atoms with Crippen molar-refractivity contribution in [1.82, 2.24) is 4.98 Å². The normalized spacial score (nSPS) is 23.1. The highest BCUT2D eigenvalue weighted by Crippen LogP contribution is 2.22. The molecule has 1 atom stereocenters. The van der Waals surface area contributed by atoms with Gasteiger partial charge >= 0.3 is 0 Å². The summed E-state index contributed by atoms with van der Waals surface area (Å²) >= 11 is 0. The molecule has 1 unspecified atom stereocenters. The average Bonchev–Trinajstić information content (AvgIpc) is 2.73. The van der Waals surface area contributed by atoms with Crippen molar-refractivity contribution < 1.29 is 12.8 Å². The minimum Gasteiger partial charge on any atom is -0.449 e. The Hall–Kier alpha value is -0.880. The van der Waals surface area contributed by atoms with E-state index >= 15 is 0 Å². The van der Waals surface area contributed by atoms with E-state index in [-0.39, 0.29) is 11.7 Å². The van der Waals surface area contributed by atoms with E-state index in [4.69, 9.17) is 10.2 Å². The van der Waals surface area contributed by atoms with Crippen LogP contribution in [0.3, 0.4) is 0 Å². The standard InChI is InChI=1S/C12H20N2O3S/c13-5-1-4-11-8-17-12(14-11)7-10-3-2-6-18(15,16)9-10/h8,10H,1-7,9,13H2. The van der Waals surface area contributed by atoms with Crippen LogP contribution in [0.4, 0.5) is 0 Å². The second-order valence-corrected chi connectivity index (χ2v) is 7.18. The first-order valence-electron chi connectivity index (χ1n) is 6.43. The number of nitrogens with two attached hydrogens (primary N) is 1. The van der Waals surface area contributed by atoms with Gasteiger partial charge in [-0.15, -0.1) is 0 Å². The predicted molar refractivity (Wildman–Crippen MR) is 69.0 cm³/mol. The second kappa shape index (κ2) is 5.84. The van der Waals surface area contributed by atoms with Gasteiger partial charge in [0.2, 0.25) is 0 Å². The number of sulfone groups is 1. The van der Waals surface area contributed by atoms with Gasteiger partial charge in [0.05, 0.1) is 17.2 Å². The fourth-order valence-corrected chi connectivity index (χ4v) is 4.14. The Kier molecular flexibility index (Phi) is 4.40. The Balaban J connectivity index is 1.91. The number of aryl methyl sites for hydroxylation is 1. The first-order valence-corrected chi connectivity index (χ1v) is 8.25. The number of nitrogens with zero attached hydrogens (tertiary/aromatic N) is 1. The van der Waals surface area contributed by atoms with Crippen molar-refractivity contribution in [2.24, 2.45) is 11.7 Å². The van der Waals surface area contributed by atoms with E-state index in [1.54, 1.807) is 6.26 Å². The van der Waals surface area contributed by atoms with Gasteiger partial charge in [-0.2, -0.15) is 0 Å². The van der Waals surface area contributed by atoms with Crippen molar-refractivity contribution in [3.8, 4) is 0 Å². The molecule has 0 radical (unpaired) electrons. The van der Waals surface area contributed by atoms with Crippen molar-refractivity contribution in [3.63, 3.8) is 0 Å². The summed E-state index contributed by atoms with van der Waals surface area (Å²) in [7, 11) is -2.85. The quantitative estimate of drug-likeness (QED) is 0.861. The van der Waals surface area contributed by atoms with E-state index in [0.29, 0.717) is 24.6 Å². The zero-order valence-corrected chi connectivity index (χ0v) is 11.3. The molecule has 0 aromatic carbocycles. The van der Waals surface area contributed by atoms with Gasteiger partial charge in [0.25, 0.3) is 0 Å². The van der Waals surface area contributed by atoms with E-state index in [9.17, 15) is 8.42 Å². The third-order valence-corrected chi connectivity index (χ3v) is 5.15. The first-order chi connectivity index (χ1) is 8.59. The Bertz CT molecular complexity index is 481. The lowest BCUT2D eigenvalue weighted by Gasteiger charge is -2.20. The molecule has 1 aliphatic heterocycles. The fourth-order valence-electron chi connectivity index (χ4n) is 2.37. The van der Waals surface area contributed by atoms with E-state index < -0.39 is 9.84 Å². The summed E-state index contributed by atoms with van der Waals surface area (Å²) in [6, 6.07) is 0. The van der Waals surface area contributed by atoms with Crippen LogP contribution in [-0.2, 0) is 22.7 Å². The van der Waals surface area contributed by atoms with Crippen LogP contribution < -0.4 is 5.73 Å². The van der Waals surface area contributed by atoms with Crippen molar-refractivity contribution in [1.29, 1.82) is 0 Å². The third kappa shape index (κ3) is 3.81. The van der Waals surface area contributed by atoms with E-state index in [0.717, 1.165) is 31.4 Å². The highest BCUT2D eigenvalue weighted by Gasteiger charge is 2.26. The number of hydrogen-bond donors (Lipinski definition) is 1. The van der Waals surface area contributed by atoms with Gasteiger partial charge < -0.3 is 10.2 Å². The van der Waals surface area contributed by atoms with E-state index in [1.807, 2.05) is 0 Å². The SMILES string of the molecule is NCCCc1coc(CC2CCCS(=O)(=O)C2)n1. The molecule has 1 aromatic heterocycles. The molecule has 1 aliphatic rings. The smallest absolute Gasteiger partial charge is 0.194 e. The summed E-state index contributed by atoms with van der Waals surface area (Å²) in [6.45, 7) is 0.642. The van der Waals surface area contributed by atoms with Crippen molar-refractivity contribution in [2.45, 2.75) is 32.1 Å². The lowest BCUT2D eigenvalue weighted by molar-refractivity contribution is 0.416. The van der Waals surface area contributed by atoms with Crippen LogP contribution >= 0.6 is 0 Å². The molecule has 2 heterocycles. The third-order valence-electron chi connectivity index (χ3n) is 3.26. The van der Waals surface area contributed by atoms with Gasteiger partial charge in [0.15, 0.2) is 15.7 Å². The number of aromatic nitrogens is 1. The molecule has 2 rings (SSSR count). The summed E-state index contributed by atoms with van der Waals surface area (Å²) < 4.78 is 28.5. The molecule has 6 heteroatoms. The zero-order valence-electron chi connectivity index (χ0n) is 10.5. The molecule has 0 bridgehead atoms. The Morgan fingerprint density at radius 3 is 3.06 bits per heavy atom. The lowest BCUT2D eigenvalue weighted by Crippen LogP contribution is -2.26. The lowest BCUT2D eigenvalue weighted by atomic mass is 10.0. The summed E-state index contributed by atoms with van der Waals surface area (Å²) in [5, 5.41) is 0. The maximum atomic E-state index is 11.5. The van der Waals surface area contributed by atoms with E-state index in [2.05, 4.69) is 4.98 Å². The maximum Gasteiger partial charge on any atom is 0.194 e. The average molecular weight is 272 g/mol. The summed E-state index contributed by atoms with van der Waals surface area (Å²) in [5.41, 5.74) is 6.35. The molecule has 0 saturated carbocycles. The summed E-state index contributed by atoms with van der Waals surface area (Å²) in [6.07, 6.45) is 5.70. The highest BCUT2D eigenvalue weighted by molar-refractivity contribution is 7.91. The number of rotatable bonds is 5. The highest BCUT2D eigenvalue weighted by atomic mass is 32.2. The second-order valence-electron chi connectivity index (χ2n) is 4.95. The predicted octanol–water partition coefficient (Wildman–Crippen LogP) is 0.933. The minimum atomic E-state index is -2.85. The van der Waals surface area contributed by atoms with Crippen LogP contribution in [0.1, 0.15) is 30.8 Å². The van der Waals surface area contributed by atoms with Crippen LogP contribution in [-0.4, -0.2) is 31.5 Å². The van der Waals surface area contributed by atoms with Crippen LogP contribution in [0.15, 0.2) is 10.7 Å². The molecule has 1 fully saturated rings. The van der Waals surface area contributed by atoms with Gasteiger partial charge in [-0.3, -0.25) is 0 Å². The number of oxazole rings is 1. The largest absolute Gasteiger partial charge is 0.449 e. The molecule has 5 nitrogen and oxygen atoms in total. The van der Waals surface area contributed by atoms with Crippen LogP contribution in [0.5, 0.6) is 0 Å². The van der Waals surface area contributed by atoms with Gasteiger partial charge in [-0.05, 0) is 38.1 Å². The van der Waals surface area contributed by atoms with Crippen molar-refractivity contribution >= 4 is 9.84 Å². The Labute approximate surface area is 108 Å². The Morgan fingerprint density at radius 1 is 1.50 bits per heavy atom. The maximum absolute atomic E-state index is 11.5. The fraction of sp³-hybridized carbons (Fsp3) is 0.750. The molecule has 18 heavy (non-hydrogen) atoms. The summed E-state index contributed by atoms with van der Waals surface area (Å²) in [4.78, 5) is 4.37. The van der Waals surface area contributed by atoms with Crippen LogP contribution in [0, 0.1) is 5.92 Å². The molecule has 0 aliphatic carbocycles. The molecule has 1 saturated heterocycles. The number of hydrogen-bond acceptors (Lipinski definition) is 5. The summed E-state index contributed by atoms with van der Waals surface area (Å²) in [5.74, 6) is 1.42. The molecule has 2 N–H and O–H groups in total. The first kappa shape index (κ1) is 13.5. The van der Waals surface area contributed by atoms with Gasteiger partial charge in [0.1, 0.15) is 6.26 Å². The van der Waals surface area contributed by atoms with Gasteiger partial charge in [0, 0.05) is 6.42 Å². The molecular weight excluding hydrogens is 252 g/mol. The molecule has 0 spiro atoms. The molecule has 102 valence electrons. The molecule has 1 aromatic rings. The van der Waals surface area contributed by atoms with Crippen molar-refractivity contribution in [2.75, 3.05) is 18.1 Å². The molecule has 0 amide bonds. The van der Waals surface area contributed by atoms with Gasteiger partial charge in [-0.1, -0.05) is 0 Å². The minimum absolute atomic E-state index is 0.157. The van der Waals surface area contributed by atoms with Crippen LogP contribution in [0.2, 0.25) is 0 Å². The zero-order chi connectivity index (χ0) is 13.0.